The molecule has 4 aromatic rings. The Bertz CT molecular complexity index is 1250. The molecule has 0 bridgehead atoms. The van der Waals surface area contributed by atoms with Gasteiger partial charge in [-0.2, -0.15) is 0 Å². The van der Waals surface area contributed by atoms with Gasteiger partial charge in [-0.05, 0) is 59.1 Å². The summed E-state index contributed by atoms with van der Waals surface area (Å²) in [7, 11) is 1.89. The minimum absolute atomic E-state index is 0.664. The van der Waals surface area contributed by atoms with E-state index in [4.69, 9.17) is 9.97 Å². The van der Waals surface area contributed by atoms with Crippen molar-refractivity contribution in [2.45, 2.75) is 27.2 Å². The standard InChI is InChI=1S/C24H21N3S.C3H8/c1-4-6-7-16(5-2)23-26-21-10-8-18(15-20(21)24(25-3)27-23)17-9-11-22-19(14-17)12-13-28-22;1-3-2/h4-15H,2H2,1,3H3,(H,25,26,27);3H2,1-2H3/b6-4-,16-7+;. The number of hydrogen-bond acceptors (Lipinski definition) is 4. The molecule has 0 saturated carbocycles. The van der Waals surface area contributed by atoms with Gasteiger partial charge >= 0.3 is 0 Å². The first-order valence-corrected chi connectivity index (χ1v) is 11.5. The molecule has 0 aliphatic heterocycles. The van der Waals surface area contributed by atoms with E-state index in [9.17, 15) is 0 Å². The first-order chi connectivity index (χ1) is 15.1. The summed E-state index contributed by atoms with van der Waals surface area (Å²) in [4.78, 5) is 9.49. The van der Waals surface area contributed by atoms with Crippen LogP contribution >= 0.6 is 11.3 Å². The van der Waals surface area contributed by atoms with Gasteiger partial charge in [-0.15, -0.1) is 11.3 Å². The van der Waals surface area contributed by atoms with E-state index >= 15 is 0 Å². The molecule has 3 nitrogen and oxygen atoms in total. The van der Waals surface area contributed by atoms with Crippen molar-refractivity contribution in [2.24, 2.45) is 0 Å². The van der Waals surface area contributed by atoms with Gasteiger partial charge in [0.05, 0.1) is 5.52 Å². The van der Waals surface area contributed by atoms with Crippen LogP contribution in [0.4, 0.5) is 5.82 Å². The number of nitrogens with zero attached hydrogens (tertiary/aromatic N) is 2. The molecule has 1 N–H and O–H groups in total. The van der Waals surface area contributed by atoms with Gasteiger partial charge in [0.25, 0.3) is 0 Å². The van der Waals surface area contributed by atoms with E-state index < -0.39 is 0 Å². The zero-order chi connectivity index (χ0) is 22.2. The molecule has 0 aliphatic carbocycles. The Morgan fingerprint density at radius 2 is 1.81 bits per heavy atom. The van der Waals surface area contributed by atoms with Gasteiger partial charge in [-0.1, -0.05) is 63.3 Å². The molecule has 4 rings (SSSR count). The Hall–Kier alpha value is -3.24. The summed E-state index contributed by atoms with van der Waals surface area (Å²) < 4.78 is 1.30. The fourth-order valence-corrected chi connectivity index (χ4v) is 3.98. The summed E-state index contributed by atoms with van der Waals surface area (Å²) in [5.41, 5.74) is 4.15. The van der Waals surface area contributed by atoms with Gasteiger partial charge in [0.1, 0.15) is 5.82 Å². The third-order valence-electron chi connectivity index (χ3n) is 4.66. The highest BCUT2D eigenvalue weighted by Crippen LogP contribution is 2.31. The SMILES string of the molecule is C=C/C(=C\C=C/C)c1nc(NC)c2cc(-c3ccc4sccc4c3)ccc2n1.CCC. The van der Waals surface area contributed by atoms with Crippen LogP contribution in [0.15, 0.2) is 78.7 Å². The lowest BCUT2D eigenvalue weighted by molar-refractivity contribution is 1.09. The lowest BCUT2D eigenvalue weighted by Gasteiger charge is -2.10. The van der Waals surface area contributed by atoms with Gasteiger partial charge < -0.3 is 5.32 Å². The van der Waals surface area contributed by atoms with Crippen LogP contribution in [-0.2, 0) is 0 Å². The van der Waals surface area contributed by atoms with E-state index in [1.54, 1.807) is 17.4 Å². The summed E-state index contributed by atoms with van der Waals surface area (Å²) in [5, 5.41) is 7.62. The van der Waals surface area contributed by atoms with Crippen molar-refractivity contribution >= 4 is 43.7 Å². The van der Waals surface area contributed by atoms with Crippen LogP contribution < -0.4 is 5.32 Å². The highest BCUT2D eigenvalue weighted by atomic mass is 32.1. The predicted octanol–water partition coefficient (Wildman–Crippen LogP) is 8.12. The first kappa shape index (κ1) is 22.4. The lowest BCUT2D eigenvalue weighted by atomic mass is 10.0. The van der Waals surface area contributed by atoms with Crippen molar-refractivity contribution in [1.29, 1.82) is 0 Å². The molecule has 0 amide bonds. The maximum Gasteiger partial charge on any atom is 0.162 e. The molecule has 31 heavy (non-hydrogen) atoms. The highest BCUT2D eigenvalue weighted by Gasteiger charge is 2.10. The van der Waals surface area contributed by atoms with E-state index in [0.29, 0.717) is 5.82 Å². The maximum absolute atomic E-state index is 4.76. The lowest BCUT2D eigenvalue weighted by Crippen LogP contribution is -2.01. The molecule has 0 unspecified atom stereocenters. The number of thiophene rings is 1. The normalized spacial score (nSPS) is 11.5. The summed E-state index contributed by atoms with van der Waals surface area (Å²) in [5.74, 6) is 1.48. The largest absolute Gasteiger partial charge is 0.373 e. The molecular weight excluding hydrogens is 398 g/mol. The van der Waals surface area contributed by atoms with E-state index in [1.165, 1.54) is 22.1 Å². The van der Waals surface area contributed by atoms with Gasteiger partial charge in [0.15, 0.2) is 5.82 Å². The van der Waals surface area contributed by atoms with Crippen molar-refractivity contribution in [2.75, 3.05) is 12.4 Å². The average Bonchev–Trinajstić information content (AvgIpc) is 3.27. The molecule has 4 heteroatoms. The van der Waals surface area contributed by atoms with E-state index in [-0.39, 0.29) is 0 Å². The van der Waals surface area contributed by atoms with Crippen LogP contribution in [0.5, 0.6) is 0 Å². The summed E-state index contributed by atoms with van der Waals surface area (Å²) in [6.45, 7) is 10.1. The topological polar surface area (TPSA) is 37.8 Å². The third kappa shape index (κ3) is 5.09. The Morgan fingerprint density at radius 3 is 2.52 bits per heavy atom. The highest BCUT2D eigenvalue weighted by molar-refractivity contribution is 7.17. The van der Waals surface area contributed by atoms with Gasteiger partial charge in [0.2, 0.25) is 0 Å². The second-order valence-corrected chi connectivity index (χ2v) is 8.06. The number of fused-ring (bicyclic) bond motifs is 2. The number of hydrogen-bond donors (Lipinski definition) is 1. The first-order valence-electron chi connectivity index (χ1n) is 10.6. The molecule has 0 aliphatic rings. The minimum Gasteiger partial charge on any atom is -0.373 e. The Kier molecular flexibility index (Phi) is 7.74. The van der Waals surface area contributed by atoms with Crippen LogP contribution in [0.2, 0.25) is 0 Å². The third-order valence-corrected chi connectivity index (χ3v) is 5.56. The molecule has 0 fully saturated rings. The second kappa shape index (κ2) is 10.7. The zero-order valence-electron chi connectivity index (χ0n) is 18.6. The number of benzene rings is 2. The fourth-order valence-electron chi connectivity index (χ4n) is 3.21. The second-order valence-electron chi connectivity index (χ2n) is 7.11. The average molecular weight is 428 g/mol. The van der Waals surface area contributed by atoms with Crippen molar-refractivity contribution in [3.63, 3.8) is 0 Å². The molecule has 0 atom stereocenters. The van der Waals surface area contributed by atoms with Crippen LogP contribution in [0.25, 0.3) is 37.7 Å². The molecule has 2 aromatic carbocycles. The van der Waals surface area contributed by atoms with Crippen LogP contribution in [0.1, 0.15) is 33.0 Å². The Balaban J connectivity index is 0.000000858. The molecular formula is C27H29N3S. The Morgan fingerprint density at radius 1 is 1.06 bits per heavy atom. The van der Waals surface area contributed by atoms with Crippen LogP contribution in [0.3, 0.4) is 0 Å². The monoisotopic (exact) mass is 427 g/mol. The molecule has 2 aromatic heterocycles. The summed E-state index contributed by atoms with van der Waals surface area (Å²) in [6.07, 6.45) is 8.94. The van der Waals surface area contributed by atoms with Crippen molar-refractivity contribution in [3.8, 4) is 11.1 Å². The van der Waals surface area contributed by atoms with Crippen LogP contribution in [-0.4, -0.2) is 17.0 Å². The maximum atomic E-state index is 4.76. The summed E-state index contributed by atoms with van der Waals surface area (Å²) >= 11 is 1.76. The molecule has 2 heterocycles. The minimum atomic E-state index is 0.664. The van der Waals surface area contributed by atoms with E-state index in [0.717, 1.165) is 27.9 Å². The van der Waals surface area contributed by atoms with Crippen molar-refractivity contribution in [1.82, 2.24) is 9.97 Å². The molecule has 158 valence electrons. The van der Waals surface area contributed by atoms with Gasteiger partial charge in [-0.25, -0.2) is 9.97 Å². The fraction of sp³-hybridized carbons (Fsp3) is 0.185. The zero-order valence-corrected chi connectivity index (χ0v) is 19.5. The Labute approximate surface area is 188 Å². The van der Waals surface area contributed by atoms with Gasteiger partial charge in [0, 0.05) is 22.7 Å². The quantitative estimate of drug-likeness (QED) is 0.327. The molecule has 0 saturated heterocycles. The summed E-state index contributed by atoms with van der Waals surface area (Å²) in [6, 6.07) is 15.1. The van der Waals surface area contributed by atoms with Gasteiger partial charge in [-0.3, -0.25) is 0 Å². The van der Waals surface area contributed by atoms with E-state index in [1.807, 2.05) is 32.2 Å². The number of anilines is 1. The number of nitrogens with one attached hydrogen (secondary N) is 1. The van der Waals surface area contributed by atoms with Crippen molar-refractivity contribution in [3.05, 3.63) is 84.6 Å². The number of rotatable bonds is 5. The number of allylic oxidation sites excluding steroid dienone is 5. The molecule has 0 spiro atoms. The van der Waals surface area contributed by atoms with E-state index in [2.05, 4.69) is 73.6 Å². The van der Waals surface area contributed by atoms with Crippen molar-refractivity contribution < 1.29 is 0 Å². The number of aromatic nitrogens is 2. The molecule has 0 radical (unpaired) electrons. The van der Waals surface area contributed by atoms with Crippen LogP contribution in [0, 0.1) is 0 Å². The predicted molar refractivity (Wildman–Crippen MR) is 139 cm³/mol. The smallest absolute Gasteiger partial charge is 0.162 e.